The van der Waals surface area contributed by atoms with E-state index in [2.05, 4.69) is 20.9 Å². The van der Waals surface area contributed by atoms with Gasteiger partial charge in [-0.15, -0.1) is 0 Å². The zero-order valence-electron chi connectivity index (χ0n) is 18.0. The van der Waals surface area contributed by atoms with Crippen LogP contribution in [0, 0.1) is 0 Å². The number of piperidine rings is 1. The highest BCUT2D eigenvalue weighted by Gasteiger charge is 2.44. The summed E-state index contributed by atoms with van der Waals surface area (Å²) in [5.74, 6) is -3.57. The molecule has 0 spiro atoms. The molecule has 34 heavy (non-hydrogen) atoms. The first-order valence-electron chi connectivity index (χ1n) is 10.7. The number of rotatable bonds is 6. The van der Waals surface area contributed by atoms with E-state index in [9.17, 15) is 28.8 Å². The Bertz CT molecular complexity index is 1200. The van der Waals surface area contributed by atoms with E-state index in [0.717, 1.165) is 10.5 Å². The second-order valence-corrected chi connectivity index (χ2v) is 7.86. The van der Waals surface area contributed by atoms with Gasteiger partial charge in [0.15, 0.2) is 0 Å². The minimum atomic E-state index is -1.01. The fourth-order valence-electron chi connectivity index (χ4n) is 3.86. The molecule has 2 aromatic rings. The van der Waals surface area contributed by atoms with Crippen molar-refractivity contribution in [2.45, 2.75) is 31.7 Å². The lowest BCUT2D eigenvalue weighted by Crippen LogP contribution is -2.54. The third-order valence-corrected chi connectivity index (χ3v) is 5.54. The van der Waals surface area contributed by atoms with E-state index in [0.29, 0.717) is 12.8 Å². The molecule has 0 saturated carbocycles. The summed E-state index contributed by atoms with van der Waals surface area (Å²) >= 11 is 0. The molecule has 3 heterocycles. The molecule has 6 amide bonds. The lowest BCUT2D eigenvalue weighted by molar-refractivity contribution is -0.136. The summed E-state index contributed by atoms with van der Waals surface area (Å²) in [5, 5.41) is 7.07. The van der Waals surface area contributed by atoms with Gasteiger partial charge in [0.1, 0.15) is 11.9 Å². The molecule has 0 bridgehead atoms. The summed E-state index contributed by atoms with van der Waals surface area (Å²) in [5.41, 5.74) is 1.17. The average molecular weight is 463 g/mol. The van der Waals surface area contributed by atoms with E-state index >= 15 is 0 Å². The molecule has 174 valence electrons. The van der Waals surface area contributed by atoms with Crippen LogP contribution in [0.5, 0.6) is 0 Å². The van der Waals surface area contributed by atoms with Crippen molar-refractivity contribution in [3.63, 3.8) is 0 Å². The molecule has 1 aromatic heterocycles. The van der Waals surface area contributed by atoms with Gasteiger partial charge in [-0.3, -0.25) is 39.0 Å². The first-order chi connectivity index (χ1) is 16.3. The molecule has 1 aromatic carbocycles. The van der Waals surface area contributed by atoms with E-state index in [4.69, 9.17) is 0 Å². The Morgan fingerprint density at radius 3 is 2.56 bits per heavy atom. The van der Waals surface area contributed by atoms with Crippen LogP contribution in [0.4, 0.5) is 5.82 Å². The lowest BCUT2D eigenvalue weighted by Gasteiger charge is -2.27. The number of nitrogens with zero attached hydrogens (tertiary/aromatic N) is 2. The van der Waals surface area contributed by atoms with Crippen LogP contribution in [0.1, 0.15) is 45.5 Å². The van der Waals surface area contributed by atoms with Gasteiger partial charge in [0, 0.05) is 19.2 Å². The van der Waals surface area contributed by atoms with Crippen molar-refractivity contribution in [2.75, 3.05) is 11.9 Å². The number of hydrogen-bond donors (Lipinski definition) is 3. The first kappa shape index (κ1) is 22.8. The molecule has 2 aliphatic heterocycles. The topological polar surface area (TPSA) is 155 Å². The second-order valence-electron chi connectivity index (χ2n) is 7.86. The Labute approximate surface area is 193 Å². The van der Waals surface area contributed by atoms with Crippen LogP contribution >= 0.6 is 0 Å². The van der Waals surface area contributed by atoms with E-state index in [1.807, 2.05) is 0 Å². The Balaban J connectivity index is 1.31. The number of fused-ring (bicyclic) bond motifs is 1. The molecule has 1 atom stereocenters. The van der Waals surface area contributed by atoms with Crippen LogP contribution in [0.2, 0.25) is 0 Å². The highest BCUT2D eigenvalue weighted by molar-refractivity contribution is 6.39. The zero-order chi connectivity index (χ0) is 24.2. The van der Waals surface area contributed by atoms with Crippen LogP contribution in [-0.2, 0) is 25.6 Å². The molecule has 11 nitrogen and oxygen atoms in total. The summed E-state index contributed by atoms with van der Waals surface area (Å²) in [7, 11) is 0. The van der Waals surface area contributed by atoms with Crippen molar-refractivity contribution in [2.24, 2.45) is 0 Å². The Kier molecular flexibility index (Phi) is 6.44. The molecule has 1 fully saturated rings. The van der Waals surface area contributed by atoms with Crippen molar-refractivity contribution < 1.29 is 28.8 Å². The number of imide groups is 2. The second kappa shape index (κ2) is 9.61. The number of benzene rings is 1. The number of nitrogens with one attached hydrogen (secondary N) is 3. The molecule has 1 saturated heterocycles. The number of carbonyl (C=O) groups excluding carboxylic acids is 6. The molecule has 0 aliphatic carbocycles. The summed E-state index contributed by atoms with van der Waals surface area (Å²) in [6.07, 6.45) is 2.61. The Hall–Kier alpha value is -4.41. The Morgan fingerprint density at radius 1 is 1.03 bits per heavy atom. The van der Waals surface area contributed by atoms with Gasteiger partial charge in [-0.25, -0.2) is 4.98 Å². The Morgan fingerprint density at radius 2 is 1.82 bits per heavy atom. The minimum absolute atomic E-state index is 0.0562. The van der Waals surface area contributed by atoms with Crippen LogP contribution in [0.15, 0.2) is 42.6 Å². The largest absolute Gasteiger partial charge is 0.348 e. The predicted molar refractivity (Wildman–Crippen MR) is 117 cm³/mol. The normalized spacial score (nSPS) is 17.3. The average Bonchev–Trinajstić information content (AvgIpc) is 3.07. The van der Waals surface area contributed by atoms with E-state index in [1.54, 1.807) is 30.3 Å². The van der Waals surface area contributed by atoms with Crippen LogP contribution in [0.3, 0.4) is 0 Å². The van der Waals surface area contributed by atoms with Gasteiger partial charge >= 0.3 is 11.8 Å². The molecule has 11 heteroatoms. The maximum absolute atomic E-state index is 12.9. The molecule has 1 unspecified atom stereocenters. The molecule has 2 aliphatic rings. The van der Waals surface area contributed by atoms with Crippen LogP contribution in [-0.4, -0.2) is 57.9 Å². The highest BCUT2D eigenvalue weighted by atomic mass is 16.2. The highest BCUT2D eigenvalue weighted by Crippen LogP contribution is 2.28. The third kappa shape index (κ3) is 4.68. The van der Waals surface area contributed by atoms with Gasteiger partial charge in [-0.2, -0.15) is 0 Å². The lowest BCUT2D eigenvalue weighted by atomic mass is 10.0. The van der Waals surface area contributed by atoms with Gasteiger partial charge in [0.2, 0.25) is 11.8 Å². The fraction of sp³-hybridized carbons (Fsp3) is 0.261. The van der Waals surface area contributed by atoms with Gasteiger partial charge < -0.3 is 10.6 Å². The SMILES string of the molecule is O=C1CCC(N2C(=O)c3ccc(CCCNC(=O)C(=O)Nc4ccccn4)cc3C2=O)C(=O)N1. The smallest absolute Gasteiger partial charge is 0.314 e. The number of carbonyl (C=O) groups is 6. The summed E-state index contributed by atoms with van der Waals surface area (Å²) in [6.45, 7) is 0.223. The van der Waals surface area contributed by atoms with Gasteiger partial charge in [-0.05, 0) is 49.1 Å². The molecular weight excluding hydrogens is 442 g/mol. The maximum Gasteiger partial charge on any atom is 0.314 e. The van der Waals surface area contributed by atoms with Crippen LogP contribution < -0.4 is 16.0 Å². The number of amides is 6. The summed E-state index contributed by atoms with van der Waals surface area (Å²) < 4.78 is 0. The van der Waals surface area contributed by atoms with Gasteiger partial charge in [-0.1, -0.05) is 12.1 Å². The predicted octanol–water partition coefficient (Wildman–Crippen LogP) is 0.170. The summed E-state index contributed by atoms with van der Waals surface area (Å²) in [4.78, 5) is 77.8. The van der Waals surface area contributed by atoms with Crippen molar-refractivity contribution in [1.29, 1.82) is 0 Å². The molecule has 0 radical (unpaired) electrons. The summed E-state index contributed by atoms with van der Waals surface area (Å²) in [6, 6.07) is 8.75. The number of hydrogen-bond acceptors (Lipinski definition) is 7. The zero-order valence-corrected chi connectivity index (χ0v) is 18.0. The molecule has 3 N–H and O–H groups in total. The number of pyridine rings is 1. The third-order valence-electron chi connectivity index (χ3n) is 5.54. The molecule has 4 rings (SSSR count). The first-order valence-corrected chi connectivity index (χ1v) is 10.7. The van der Waals surface area contributed by atoms with Crippen molar-refractivity contribution >= 4 is 41.3 Å². The monoisotopic (exact) mass is 463 g/mol. The van der Waals surface area contributed by atoms with Crippen LogP contribution in [0.25, 0.3) is 0 Å². The van der Waals surface area contributed by atoms with Crippen molar-refractivity contribution in [3.8, 4) is 0 Å². The quantitative estimate of drug-likeness (QED) is 0.313. The van der Waals surface area contributed by atoms with E-state index in [-0.39, 0.29) is 36.3 Å². The number of aromatic nitrogens is 1. The number of aryl methyl sites for hydroxylation is 1. The van der Waals surface area contributed by atoms with Crippen molar-refractivity contribution in [3.05, 3.63) is 59.3 Å². The van der Waals surface area contributed by atoms with Gasteiger partial charge in [0.05, 0.1) is 11.1 Å². The fourth-order valence-corrected chi connectivity index (χ4v) is 3.86. The standard InChI is InChI=1S/C23H21N5O6/c29-18-9-8-16(19(30)27-18)28-22(33)14-7-6-13(12-15(14)23(28)34)4-3-11-25-20(31)21(32)26-17-5-1-2-10-24-17/h1-2,5-7,10,12,16H,3-4,8-9,11H2,(H,25,31)(H,24,26,32)(H,27,29,30). The molecular formula is C23H21N5O6. The van der Waals surface area contributed by atoms with E-state index < -0.39 is 41.5 Å². The number of anilines is 1. The maximum atomic E-state index is 12.9. The van der Waals surface area contributed by atoms with E-state index in [1.165, 1.54) is 12.3 Å². The van der Waals surface area contributed by atoms with Crippen molar-refractivity contribution in [1.82, 2.24) is 20.5 Å². The minimum Gasteiger partial charge on any atom is -0.348 e. The van der Waals surface area contributed by atoms with Gasteiger partial charge in [0.25, 0.3) is 11.8 Å².